The molecule has 2 atom stereocenters. The number of benzene rings is 2. The zero-order valence-electron chi connectivity index (χ0n) is 17.1. The Morgan fingerprint density at radius 2 is 1.97 bits per heavy atom. The number of rotatable bonds is 6. The van der Waals surface area contributed by atoms with Gasteiger partial charge in [-0.1, -0.05) is 43.0 Å². The van der Waals surface area contributed by atoms with Crippen molar-refractivity contribution in [2.45, 2.75) is 18.6 Å². The summed E-state index contributed by atoms with van der Waals surface area (Å²) < 4.78 is 16.7. The molecule has 0 unspecified atom stereocenters. The Kier molecular flexibility index (Phi) is 5.68. The second-order valence-electron chi connectivity index (χ2n) is 7.15. The summed E-state index contributed by atoms with van der Waals surface area (Å²) in [6.45, 7) is 4.44. The molecule has 0 amide bonds. The molecule has 6 heteroatoms. The number of pyridine rings is 1. The minimum absolute atomic E-state index is 0.155. The highest BCUT2D eigenvalue weighted by molar-refractivity contribution is 5.91. The first-order valence-electron chi connectivity index (χ1n) is 9.81. The monoisotopic (exact) mass is 404 g/mol. The molecule has 154 valence electrons. The lowest BCUT2D eigenvalue weighted by Gasteiger charge is -2.17. The molecular formula is C24H24N2O4. The maximum atomic E-state index is 11.8. The fraction of sp³-hybridized carbons (Fsp3) is 0.250. The minimum atomic E-state index is -0.356. The van der Waals surface area contributed by atoms with Gasteiger partial charge in [-0.3, -0.25) is 4.79 Å². The van der Waals surface area contributed by atoms with Crippen molar-refractivity contribution in [3.05, 3.63) is 60.7 Å². The number of fused-ring (bicyclic) bond motifs is 1. The van der Waals surface area contributed by atoms with Crippen LogP contribution in [0.25, 0.3) is 28.2 Å². The van der Waals surface area contributed by atoms with Crippen LogP contribution >= 0.6 is 0 Å². The van der Waals surface area contributed by atoms with Crippen molar-refractivity contribution in [1.29, 1.82) is 0 Å². The Balaban J connectivity index is 1.77. The summed E-state index contributed by atoms with van der Waals surface area (Å²) in [7, 11) is 3.02. The molecular weight excluding hydrogens is 380 g/mol. The first kappa shape index (κ1) is 19.9. The molecule has 6 nitrogen and oxygen atoms in total. The molecule has 4 rings (SSSR count). The van der Waals surface area contributed by atoms with E-state index in [1.54, 1.807) is 13.2 Å². The fourth-order valence-corrected chi connectivity index (χ4v) is 3.72. The molecule has 1 aliphatic rings. The van der Waals surface area contributed by atoms with Gasteiger partial charge in [0.2, 0.25) is 0 Å². The van der Waals surface area contributed by atoms with Gasteiger partial charge in [0.05, 0.1) is 25.4 Å². The van der Waals surface area contributed by atoms with Crippen molar-refractivity contribution in [2.24, 2.45) is 0 Å². The predicted molar refractivity (Wildman–Crippen MR) is 117 cm³/mol. The smallest absolute Gasteiger partial charge is 0.323 e. The molecule has 1 aromatic heterocycles. The van der Waals surface area contributed by atoms with E-state index in [1.165, 1.54) is 7.11 Å². The van der Waals surface area contributed by atoms with Crippen molar-refractivity contribution in [1.82, 2.24) is 10.3 Å². The zero-order chi connectivity index (χ0) is 21.1. The van der Waals surface area contributed by atoms with Crippen molar-refractivity contribution in [3.8, 4) is 22.8 Å². The van der Waals surface area contributed by atoms with E-state index in [0.29, 0.717) is 24.5 Å². The lowest BCUT2D eigenvalue weighted by molar-refractivity contribution is -0.142. The molecule has 0 aliphatic carbocycles. The molecule has 0 bridgehead atoms. The van der Waals surface area contributed by atoms with Crippen LogP contribution in [0, 0.1) is 0 Å². The summed E-state index contributed by atoms with van der Waals surface area (Å²) in [4.78, 5) is 16.7. The molecule has 30 heavy (non-hydrogen) atoms. The minimum Gasteiger partial charge on any atom is -0.496 e. The summed E-state index contributed by atoms with van der Waals surface area (Å²) in [5.74, 6) is 1.14. The Labute approximate surface area is 175 Å². The number of carbonyl (C=O) groups is 1. The Morgan fingerprint density at radius 1 is 1.17 bits per heavy atom. The van der Waals surface area contributed by atoms with Crippen molar-refractivity contribution < 1.29 is 19.0 Å². The van der Waals surface area contributed by atoms with Crippen LogP contribution in [0.3, 0.4) is 0 Å². The first-order chi connectivity index (χ1) is 14.6. The van der Waals surface area contributed by atoms with E-state index < -0.39 is 0 Å². The van der Waals surface area contributed by atoms with Crippen LogP contribution in [0.15, 0.2) is 55.1 Å². The molecule has 0 radical (unpaired) electrons. The molecule has 0 saturated carbocycles. The van der Waals surface area contributed by atoms with E-state index >= 15 is 0 Å². The van der Waals surface area contributed by atoms with Crippen molar-refractivity contribution in [2.75, 3.05) is 20.8 Å². The molecule has 1 saturated heterocycles. The molecule has 1 aliphatic heterocycles. The number of nitrogens with one attached hydrogen (secondary N) is 1. The molecule has 1 fully saturated rings. The summed E-state index contributed by atoms with van der Waals surface area (Å²) in [6.07, 6.45) is 2.14. The lowest BCUT2D eigenvalue weighted by Crippen LogP contribution is -2.31. The first-order valence-corrected chi connectivity index (χ1v) is 9.81. The van der Waals surface area contributed by atoms with Crippen molar-refractivity contribution in [3.63, 3.8) is 0 Å². The van der Waals surface area contributed by atoms with E-state index in [1.807, 2.05) is 48.5 Å². The van der Waals surface area contributed by atoms with Gasteiger partial charge in [-0.25, -0.2) is 4.98 Å². The van der Waals surface area contributed by atoms with E-state index in [2.05, 4.69) is 11.9 Å². The van der Waals surface area contributed by atoms with Crippen LogP contribution in [0.5, 0.6) is 11.5 Å². The van der Waals surface area contributed by atoms with Gasteiger partial charge in [0.1, 0.15) is 23.6 Å². The third-order valence-electron chi connectivity index (χ3n) is 5.28. The number of carbonyl (C=O) groups excluding carboxylic acids is 1. The zero-order valence-corrected chi connectivity index (χ0v) is 17.1. The second-order valence-corrected chi connectivity index (χ2v) is 7.15. The van der Waals surface area contributed by atoms with Crippen LogP contribution in [0.4, 0.5) is 0 Å². The number of ether oxygens (including phenoxy) is 3. The van der Waals surface area contributed by atoms with E-state index in [4.69, 9.17) is 19.2 Å². The van der Waals surface area contributed by atoms with Gasteiger partial charge >= 0.3 is 5.97 Å². The number of hydrogen-bond donors (Lipinski definition) is 1. The Bertz CT molecular complexity index is 1080. The average Bonchev–Trinajstić information content (AvgIpc) is 3.26. The average molecular weight is 404 g/mol. The van der Waals surface area contributed by atoms with Gasteiger partial charge in [0.15, 0.2) is 0 Å². The Hall–Kier alpha value is -3.38. The summed E-state index contributed by atoms with van der Waals surface area (Å²) in [5.41, 5.74) is 3.43. The summed E-state index contributed by atoms with van der Waals surface area (Å²) in [5, 5.41) is 4.03. The largest absolute Gasteiger partial charge is 0.496 e. The van der Waals surface area contributed by atoms with Crippen LogP contribution in [0.1, 0.15) is 12.0 Å². The highest BCUT2D eigenvalue weighted by Gasteiger charge is 2.31. The number of methoxy groups -OCH3 is 2. The fourth-order valence-electron chi connectivity index (χ4n) is 3.72. The second kappa shape index (κ2) is 8.55. The third-order valence-corrected chi connectivity index (χ3v) is 5.28. The number of aromatic nitrogens is 1. The highest BCUT2D eigenvalue weighted by atomic mass is 16.5. The highest BCUT2D eigenvalue weighted by Crippen LogP contribution is 2.35. The van der Waals surface area contributed by atoms with Gasteiger partial charge in [-0.2, -0.15) is 0 Å². The third kappa shape index (κ3) is 3.86. The number of nitrogens with zero attached hydrogens (tertiary/aromatic N) is 1. The van der Waals surface area contributed by atoms with Gasteiger partial charge in [-0.15, -0.1) is 0 Å². The van der Waals surface area contributed by atoms with Crippen LogP contribution in [-0.4, -0.2) is 43.9 Å². The van der Waals surface area contributed by atoms with Gasteiger partial charge in [0, 0.05) is 41.6 Å². The van der Waals surface area contributed by atoms with Crippen LogP contribution in [-0.2, 0) is 9.53 Å². The molecule has 2 heterocycles. The molecule has 2 aromatic carbocycles. The maximum absolute atomic E-state index is 11.8. The molecule has 1 N–H and O–H groups in total. The lowest BCUT2D eigenvalue weighted by atomic mass is 10.1. The van der Waals surface area contributed by atoms with E-state index in [-0.39, 0.29) is 18.1 Å². The molecule has 0 spiro atoms. The van der Waals surface area contributed by atoms with Crippen molar-refractivity contribution >= 4 is 22.9 Å². The van der Waals surface area contributed by atoms with Crippen LogP contribution < -0.4 is 14.8 Å². The van der Waals surface area contributed by atoms with E-state index in [9.17, 15) is 4.79 Å². The predicted octanol–water partition coefficient (Wildman–Crippen LogP) is 3.84. The summed E-state index contributed by atoms with van der Waals surface area (Å²) >= 11 is 0. The SMILES string of the molecule is C=Cc1cc2c(O[C@H]3CN[C@H](C(=O)OC)C3)cc(-c3ccccc3)nc2cc1OC. The topological polar surface area (TPSA) is 69.7 Å². The van der Waals surface area contributed by atoms with Crippen LogP contribution in [0.2, 0.25) is 0 Å². The van der Waals surface area contributed by atoms with Gasteiger partial charge in [0.25, 0.3) is 0 Å². The van der Waals surface area contributed by atoms with Gasteiger partial charge in [-0.05, 0) is 6.07 Å². The van der Waals surface area contributed by atoms with E-state index in [0.717, 1.165) is 27.7 Å². The molecule has 3 aromatic rings. The number of hydrogen-bond acceptors (Lipinski definition) is 6. The quantitative estimate of drug-likeness (QED) is 0.630. The maximum Gasteiger partial charge on any atom is 0.323 e. The Morgan fingerprint density at radius 3 is 2.67 bits per heavy atom. The standard InChI is InChI=1S/C24H24N2O4/c1-4-15-10-18-20(13-22(15)28-2)26-19(16-8-6-5-7-9-16)12-23(18)30-17-11-21(25-14-17)24(27)29-3/h4-10,12-13,17,21,25H,1,11,14H2,2-3H3/t17-,21+/m1/s1. The number of esters is 1. The summed E-state index contributed by atoms with van der Waals surface area (Å²) in [6, 6.07) is 15.4. The normalized spacial score (nSPS) is 18.2. The van der Waals surface area contributed by atoms with Gasteiger partial charge < -0.3 is 19.5 Å².